The first-order valence-corrected chi connectivity index (χ1v) is 30.1. The van der Waals surface area contributed by atoms with E-state index in [4.69, 9.17) is 17.9 Å². The van der Waals surface area contributed by atoms with Crippen molar-refractivity contribution >= 4 is 54.6 Å². The highest BCUT2D eigenvalue weighted by Crippen LogP contribution is 2.49. The van der Waals surface area contributed by atoms with E-state index >= 15 is 0 Å². The molecule has 15 aromatic rings. The average molecular weight is 1140 g/mol. The van der Waals surface area contributed by atoms with E-state index < -0.39 is 13.7 Å². The first-order chi connectivity index (χ1) is 45.2. The fourth-order valence-corrected chi connectivity index (χ4v) is 13.5. The topological polar surface area (TPSA) is 40.8 Å². The van der Waals surface area contributed by atoms with Gasteiger partial charge in [-0.1, -0.05) is 199 Å². The lowest BCUT2D eigenvalue weighted by Crippen LogP contribution is -2.33. The van der Waals surface area contributed by atoms with Gasteiger partial charge in [-0.3, -0.25) is 13.7 Å². The number of nitrogens with zero attached hydrogens (tertiary/aromatic N) is 5. The molecule has 0 fully saturated rings. The van der Waals surface area contributed by atoms with E-state index in [-0.39, 0.29) is 27.5 Å². The molecule has 0 amide bonds. The molecule has 1 aliphatic heterocycles. The van der Waals surface area contributed by atoms with Crippen molar-refractivity contribution in [2.75, 3.05) is 0 Å². The van der Waals surface area contributed by atoms with Crippen molar-refractivity contribution in [2.45, 2.75) is 66.1 Å². The summed E-state index contributed by atoms with van der Waals surface area (Å²) in [6.45, 7) is 7.99. The molecule has 0 saturated heterocycles. The van der Waals surface area contributed by atoms with Crippen molar-refractivity contribution < 1.29 is 17.5 Å². The van der Waals surface area contributed by atoms with E-state index in [0.29, 0.717) is 22.7 Å². The van der Waals surface area contributed by atoms with E-state index in [2.05, 4.69) is 230 Å². The Kier molecular flexibility index (Phi) is 10.6. The SMILES string of the molecule is [2H]C([2H])([2H])c1cccc(C([2H])([2H])[2H])c1-c1cc2c(c(-n3c4ccccc4c4ccccc43)c1)-[n+]1[c-]n(-c3cccc(Oc4ccc5c6ccccc6n(-c6cc(C(C)(C)C)ccn6)c5c4)c3)c3cc(-c4ccc(C(C)(C)C)cc4)cc(c31)-c1ccccc1-c1ccccc1-2. The fraction of sp³-hybridized carbons (Fsp3) is 0.122. The molecule has 6 heteroatoms. The number of aryl methyl sites for hydroxylation is 2. The summed E-state index contributed by atoms with van der Waals surface area (Å²) in [5.74, 6) is 2.09. The lowest BCUT2D eigenvalue weighted by Gasteiger charge is -2.23. The monoisotopic (exact) mass is 1140 g/mol. The first kappa shape index (κ1) is 46.7. The van der Waals surface area contributed by atoms with Crippen molar-refractivity contribution in [3.05, 3.63) is 277 Å². The normalized spacial score (nSPS) is 13.6. The van der Waals surface area contributed by atoms with Crippen molar-refractivity contribution in [3.8, 4) is 90.0 Å². The summed E-state index contributed by atoms with van der Waals surface area (Å²) in [5, 5.41) is 4.23. The molecule has 0 N–H and O–H groups in total. The summed E-state index contributed by atoms with van der Waals surface area (Å²) in [4.78, 5) is 4.95. The molecule has 0 radical (unpaired) electrons. The molecular formula is C82H65N5O. The number of ether oxygens (including phenoxy) is 1. The first-order valence-electron chi connectivity index (χ1n) is 33.1. The number of pyridine rings is 1. The van der Waals surface area contributed by atoms with Gasteiger partial charge in [-0.25, -0.2) is 4.98 Å². The predicted octanol–water partition coefficient (Wildman–Crippen LogP) is 20.9. The highest BCUT2D eigenvalue weighted by atomic mass is 16.5. The molecule has 1 aliphatic rings. The molecule has 6 nitrogen and oxygen atoms in total. The summed E-state index contributed by atoms with van der Waals surface area (Å²) < 4.78 is 70.0. The fourth-order valence-electron chi connectivity index (χ4n) is 13.5. The minimum Gasteiger partial charge on any atom is -0.458 e. The van der Waals surface area contributed by atoms with Crippen LogP contribution in [0.3, 0.4) is 0 Å². The van der Waals surface area contributed by atoms with Crippen molar-refractivity contribution in [3.63, 3.8) is 0 Å². The van der Waals surface area contributed by atoms with Crippen LogP contribution in [0.1, 0.15) is 72.0 Å². The van der Waals surface area contributed by atoms with Gasteiger partial charge in [-0.15, -0.1) is 0 Å². The molecule has 16 rings (SSSR count). The van der Waals surface area contributed by atoms with Crippen LogP contribution < -0.4 is 9.30 Å². The van der Waals surface area contributed by atoms with Crippen LogP contribution in [0.5, 0.6) is 11.5 Å². The van der Waals surface area contributed by atoms with Gasteiger partial charge in [0.05, 0.1) is 50.2 Å². The van der Waals surface area contributed by atoms with Gasteiger partial charge in [-0.2, -0.15) is 0 Å². The van der Waals surface area contributed by atoms with E-state index in [1.807, 2.05) is 66.9 Å². The summed E-state index contributed by atoms with van der Waals surface area (Å²) in [6.07, 6.45) is 5.94. The molecule has 88 heavy (non-hydrogen) atoms. The van der Waals surface area contributed by atoms with Gasteiger partial charge < -0.3 is 9.30 Å². The Morgan fingerprint density at radius 2 is 0.977 bits per heavy atom. The number of imidazole rings is 1. The second-order valence-electron chi connectivity index (χ2n) is 25.4. The summed E-state index contributed by atoms with van der Waals surface area (Å²) in [6, 6.07) is 82.8. The quantitative estimate of drug-likeness (QED) is 0.118. The Labute approximate surface area is 521 Å². The molecule has 0 aliphatic carbocycles. The Bertz CT molecular complexity index is 5510. The number of hydrogen-bond donors (Lipinski definition) is 0. The lowest BCUT2D eigenvalue weighted by atomic mass is 9.85. The third-order valence-corrected chi connectivity index (χ3v) is 17.8. The lowest BCUT2D eigenvalue weighted by molar-refractivity contribution is -0.571. The minimum absolute atomic E-state index is 0.0515. The van der Waals surface area contributed by atoms with Crippen LogP contribution in [-0.2, 0) is 10.8 Å². The van der Waals surface area contributed by atoms with Gasteiger partial charge in [0.2, 0.25) is 0 Å². The van der Waals surface area contributed by atoms with E-state index in [1.165, 1.54) is 11.1 Å². The standard InChI is InChI=1S/C82H65N5O/c1-51-21-19-22-52(2)78(51)55-44-70-64-28-12-10-26-62(64)61-25-9-11-27-63(61)69-43-54(53-35-37-56(38-36-53)81(3,4)5)45-75-79(69)85(80(70)76(46-55)86-71-32-16-13-29-65(71)66-30-14-17-33-72(66)86)50-84(75)58-23-20-24-59(48-58)88-60-39-40-68-67-31-15-18-34-73(67)87(74(68)49-60)77-47-57(41-42-83-77)82(6,7)8/h9-49H,1-8H3/i1D3,2D3. The minimum atomic E-state index is -2.68. The third-order valence-electron chi connectivity index (χ3n) is 17.8. The highest BCUT2D eigenvalue weighted by Gasteiger charge is 2.30. The Hall–Kier alpha value is -10.6. The summed E-state index contributed by atoms with van der Waals surface area (Å²) in [7, 11) is 0. The van der Waals surface area contributed by atoms with Crippen LogP contribution >= 0.6 is 0 Å². The molecule has 4 aromatic heterocycles. The largest absolute Gasteiger partial charge is 0.458 e. The van der Waals surface area contributed by atoms with Gasteiger partial charge in [0, 0.05) is 42.0 Å². The summed E-state index contributed by atoms with van der Waals surface area (Å²) in [5.41, 5.74) is 18.0. The second kappa shape index (κ2) is 20.0. The molecule has 0 saturated carbocycles. The maximum atomic E-state index is 9.03. The molecule has 11 aromatic carbocycles. The van der Waals surface area contributed by atoms with Crippen LogP contribution in [0.25, 0.3) is 133 Å². The number of rotatable bonds is 7. The second-order valence-corrected chi connectivity index (χ2v) is 25.4. The Balaban J connectivity index is 1.01. The molecule has 0 spiro atoms. The molecule has 424 valence electrons. The average Bonchev–Trinajstić information content (AvgIpc) is 1.50. The molecule has 0 bridgehead atoms. The van der Waals surface area contributed by atoms with Crippen LogP contribution in [0.2, 0.25) is 0 Å². The molecular weight excluding hydrogens is 1070 g/mol. The zero-order valence-corrected chi connectivity index (χ0v) is 49.8. The molecule has 5 heterocycles. The van der Waals surface area contributed by atoms with E-state index in [0.717, 1.165) is 116 Å². The number of benzene rings is 11. The van der Waals surface area contributed by atoms with Crippen LogP contribution in [-0.4, -0.2) is 18.7 Å². The smallest absolute Gasteiger partial charge is 0.269 e. The van der Waals surface area contributed by atoms with Crippen LogP contribution in [0, 0.1) is 20.0 Å². The zero-order valence-electron chi connectivity index (χ0n) is 55.8. The Morgan fingerprint density at radius 1 is 0.420 bits per heavy atom. The van der Waals surface area contributed by atoms with E-state index in [9.17, 15) is 0 Å². The van der Waals surface area contributed by atoms with Crippen LogP contribution in [0.4, 0.5) is 0 Å². The zero-order chi connectivity index (χ0) is 64.7. The summed E-state index contributed by atoms with van der Waals surface area (Å²) >= 11 is 0. The van der Waals surface area contributed by atoms with Gasteiger partial charge in [0.15, 0.2) is 0 Å². The van der Waals surface area contributed by atoms with E-state index in [1.54, 1.807) is 18.2 Å². The predicted molar refractivity (Wildman–Crippen MR) is 364 cm³/mol. The van der Waals surface area contributed by atoms with Gasteiger partial charge >= 0.3 is 0 Å². The van der Waals surface area contributed by atoms with Crippen LogP contribution in [0.15, 0.2) is 249 Å². The maximum Gasteiger partial charge on any atom is 0.269 e. The third kappa shape index (κ3) is 8.53. The van der Waals surface area contributed by atoms with Crippen molar-refractivity contribution in [2.24, 2.45) is 0 Å². The Morgan fingerprint density at radius 3 is 1.61 bits per heavy atom. The number of fused-ring (bicyclic) bond motifs is 13. The van der Waals surface area contributed by atoms with Gasteiger partial charge in [0.1, 0.15) is 17.3 Å². The maximum absolute atomic E-state index is 9.03. The highest BCUT2D eigenvalue weighted by molar-refractivity contribution is 6.11. The van der Waals surface area contributed by atoms with Crippen molar-refractivity contribution in [1.82, 2.24) is 18.7 Å². The van der Waals surface area contributed by atoms with Gasteiger partial charge in [-0.05, 0) is 181 Å². The van der Waals surface area contributed by atoms with Crippen molar-refractivity contribution in [1.29, 1.82) is 0 Å². The van der Waals surface area contributed by atoms with Gasteiger partial charge in [0.25, 0.3) is 6.33 Å². The molecule has 0 unspecified atom stereocenters. The number of aromatic nitrogens is 5. The number of para-hydroxylation sites is 3. The number of hydrogen-bond acceptors (Lipinski definition) is 2. The molecule has 0 atom stereocenters.